The third-order valence-corrected chi connectivity index (χ3v) is 6.01. The maximum atomic E-state index is 12.8. The van der Waals surface area contributed by atoms with Gasteiger partial charge in [-0.3, -0.25) is 4.79 Å². The minimum absolute atomic E-state index is 0.129. The number of ether oxygens (including phenoxy) is 2. The molecule has 154 valence electrons. The quantitative estimate of drug-likeness (QED) is 0.721. The summed E-state index contributed by atoms with van der Waals surface area (Å²) in [6.45, 7) is 4.11. The number of benzene rings is 2. The molecule has 0 spiro atoms. The Morgan fingerprint density at radius 3 is 2.48 bits per heavy atom. The lowest BCUT2D eigenvalue weighted by Gasteiger charge is -2.32. The van der Waals surface area contributed by atoms with E-state index in [2.05, 4.69) is 18.2 Å². The van der Waals surface area contributed by atoms with Crippen molar-refractivity contribution in [2.24, 2.45) is 0 Å². The molecule has 0 N–H and O–H groups in total. The molecular formula is C25H31NO3. The molecule has 2 aromatic rings. The summed E-state index contributed by atoms with van der Waals surface area (Å²) in [4.78, 5) is 14.8. The lowest BCUT2D eigenvalue weighted by atomic mass is 9.90. The fraction of sp³-hybridized carbons (Fsp3) is 0.480. The highest BCUT2D eigenvalue weighted by Crippen LogP contribution is 2.29. The first-order valence-electron chi connectivity index (χ1n) is 11.0. The van der Waals surface area contributed by atoms with Gasteiger partial charge in [0.2, 0.25) is 5.91 Å². The van der Waals surface area contributed by atoms with Gasteiger partial charge in [-0.25, -0.2) is 0 Å². The summed E-state index contributed by atoms with van der Waals surface area (Å²) in [7, 11) is 0. The molecule has 4 rings (SSSR count). The molecule has 1 heterocycles. The number of hydrogen-bond donors (Lipinski definition) is 0. The van der Waals surface area contributed by atoms with Crippen molar-refractivity contribution in [1.29, 1.82) is 0 Å². The molecular weight excluding hydrogens is 362 g/mol. The van der Waals surface area contributed by atoms with Crippen LogP contribution in [0.2, 0.25) is 0 Å². The SMILES string of the molecule is CCOc1ccccc1OC1CCN(C(=O)Cc2ccc3c(c2)CCCC3)CC1. The van der Waals surface area contributed by atoms with Gasteiger partial charge in [-0.05, 0) is 61.4 Å². The molecule has 4 nitrogen and oxygen atoms in total. The van der Waals surface area contributed by atoms with Gasteiger partial charge in [0.1, 0.15) is 6.10 Å². The molecule has 0 aromatic heterocycles. The monoisotopic (exact) mass is 393 g/mol. The predicted octanol–water partition coefficient (Wildman–Crippen LogP) is 4.58. The van der Waals surface area contributed by atoms with Gasteiger partial charge < -0.3 is 14.4 Å². The minimum atomic E-state index is 0.129. The Bertz CT molecular complexity index is 840. The molecule has 1 aliphatic carbocycles. The molecule has 1 saturated heterocycles. The molecule has 2 aliphatic rings. The number of carbonyl (C=O) groups is 1. The van der Waals surface area contributed by atoms with Gasteiger partial charge in [-0.15, -0.1) is 0 Å². The summed E-state index contributed by atoms with van der Waals surface area (Å²) >= 11 is 0. The second kappa shape index (κ2) is 9.34. The molecule has 0 atom stereocenters. The Morgan fingerprint density at radius 2 is 1.72 bits per heavy atom. The van der Waals surface area contributed by atoms with Gasteiger partial charge in [-0.1, -0.05) is 30.3 Å². The highest BCUT2D eigenvalue weighted by molar-refractivity contribution is 5.79. The number of fused-ring (bicyclic) bond motifs is 1. The van der Waals surface area contributed by atoms with Crippen LogP contribution in [0.1, 0.15) is 49.3 Å². The van der Waals surface area contributed by atoms with E-state index in [1.165, 1.54) is 30.4 Å². The predicted molar refractivity (Wildman–Crippen MR) is 115 cm³/mol. The second-order valence-corrected chi connectivity index (χ2v) is 8.06. The van der Waals surface area contributed by atoms with Crippen LogP contribution < -0.4 is 9.47 Å². The van der Waals surface area contributed by atoms with E-state index in [0.717, 1.165) is 49.4 Å². The average molecular weight is 394 g/mol. The van der Waals surface area contributed by atoms with Gasteiger partial charge in [0.05, 0.1) is 13.0 Å². The molecule has 0 unspecified atom stereocenters. The first-order valence-corrected chi connectivity index (χ1v) is 11.0. The Labute approximate surface area is 173 Å². The summed E-state index contributed by atoms with van der Waals surface area (Å²) in [5.74, 6) is 1.82. The number of nitrogens with zero attached hydrogens (tertiary/aromatic N) is 1. The van der Waals surface area contributed by atoms with E-state index in [0.29, 0.717) is 13.0 Å². The van der Waals surface area contributed by atoms with Crippen molar-refractivity contribution in [2.45, 2.75) is 58.0 Å². The van der Waals surface area contributed by atoms with Crippen LogP contribution in [0, 0.1) is 0 Å². The van der Waals surface area contributed by atoms with Crippen molar-refractivity contribution < 1.29 is 14.3 Å². The Morgan fingerprint density at radius 1 is 1.00 bits per heavy atom. The highest BCUT2D eigenvalue weighted by Gasteiger charge is 2.25. The second-order valence-electron chi connectivity index (χ2n) is 8.06. The van der Waals surface area contributed by atoms with E-state index < -0.39 is 0 Å². The fourth-order valence-corrected chi connectivity index (χ4v) is 4.41. The summed E-state index contributed by atoms with van der Waals surface area (Å²) < 4.78 is 11.8. The van der Waals surface area contributed by atoms with Crippen LogP contribution in [-0.4, -0.2) is 36.6 Å². The molecule has 0 radical (unpaired) electrons. The van der Waals surface area contributed by atoms with Crippen LogP contribution in [0.25, 0.3) is 0 Å². The van der Waals surface area contributed by atoms with Gasteiger partial charge in [0.15, 0.2) is 11.5 Å². The molecule has 4 heteroatoms. The molecule has 2 aromatic carbocycles. The van der Waals surface area contributed by atoms with E-state index in [1.54, 1.807) is 0 Å². The number of rotatable bonds is 6. The first kappa shape index (κ1) is 19.8. The van der Waals surface area contributed by atoms with Crippen molar-refractivity contribution in [3.8, 4) is 11.5 Å². The third-order valence-electron chi connectivity index (χ3n) is 6.01. The van der Waals surface area contributed by atoms with E-state index in [4.69, 9.17) is 9.47 Å². The molecule has 0 bridgehead atoms. The Balaban J connectivity index is 1.30. The molecule has 29 heavy (non-hydrogen) atoms. The zero-order valence-corrected chi connectivity index (χ0v) is 17.4. The van der Waals surface area contributed by atoms with E-state index in [1.807, 2.05) is 36.1 Å². The van der Waals surface area contributed by atoms with E-state index in [-0.39, 0.29) is 12.0 Å². The standard InChI is InChI=1S/C25H31NO3/c1-2-28-23-9-5-6-10-24(23)29-22-13-15-26(16-14-22)25(27)18-19-11-12-20-7-3-4-8-21(20)17-19/h5-6,9-12,17,22H,2-4,7-8,13-16,18H2,1H3. The summed E-state index contributed by atoms with van der Waals surface area (Å²) in [6.07, 6.45) is 7.25. The van der Waals surface area contributed by atoms with Crippen LogP contribution in [0.15, 0.2) is 42.5 Å². The lowest BCUT2D eigenvalue weighted by molar-refractivity contribution is -0.132. The number of likely N-dealkylation sites (tertiary alicyclic amines) is 1. The van der Waals surface area contributed by atoms with Crippen molar-refractivity contribution in [3.63, 3.8) is 0 Å². The zero-order valence-electron chi connectivity index (χ0n) is 17.4. The minimum Gasteiger partial charge on any atom is -0.490 e. The smallest absolute Gasteiger partial charge is 0.226 e. The van der Waals surface area contributed by atoms with Gasteiger partial charge in [0, 0.05) is 25.9 Å². The van der Waals surface area contributed by atoms with Crippen molar-refractivity contribution in [3.05, 3.63) is 59.2 Å². The molecule has 1 amide bonds. The van der Waals surface area contributed by atoms with E-state index in [9.17, 15) is 4.79 Å². The van der Waals surface area contributed by atoms with Crippen molar-refractivity contribution >= 4 is 5.91 Å². The summed E-state index contributed by atoms with van der Waals surface area (Å²) in [6, 6.07) is 14.5. The van der Waals surface area contributed by atoms with Gasteiger partial charge in [0.25, 0.3) is 0 Å². The number of hydrogen-bond acceptors (Lipinski definition) is 3. The summed E-state index contributed by atoms with van der Waals surface area (Å²) in [5.41, 5.74) is 4.07. The maximum absolute atomic E-state index is 12.8. The Hall–Kier alpha value is -2.49. The number of amides is 1. The summed E-state index contributed by atoms with van der Waals surface area (Å²) in [5, 5.41) is 0. The molecule has 0 saturated carbocycles. The highest BCUT2D eigenvalue weighted by atomic mass is 16.5. The molecule has 1 aliphatic heterocycles. The van der Waals surface area contributed by atoms with E-state index >= 15 is 0 Å². The topological polar surface area (TPSA) is 38.8 Å². The van der Waals surface area contributed by atoms with Crippen LogP contribution in [0.4, 0.5) is 0 Å². The number of aryl methyl sites for hydroxylation is 2. The largest absolute Gasteiger partial charge is 0.490 e. The van der Waals surface area contributed by atoms with Crippen molar-refractivity contribution in [2.75, 3.05) is 19.7 Å². The fourth-order valence-electron chi connectivity index (χ4n) is 4.41. The zero-order chi connectivity index (χ0) is 20.1. The number of carbonyl (C=O) groups excluding carboxylic acids is 1. The van der Waals surface area contributed by atoms with Crippen molar-refractivity contribution in [1.82, 2.24) is 4.90 Å². The van der Waals surface area contributed by atoms with Crippen LogP contribution >= 0.6 is 0 Å². The normalized spacial score (nSPS) is 16.9. The average Bonchev–Trinajstić information content (AvgIpc) is 2.76. The van der Waals surface area contributed by atoms with Gasteiger partial charge in [-0.2, -0.15) is 0 Å². The third kappa shape index (κ3) is 4.92. The van der Waals surface area contributed by atoms with Gasteiger partial charge >= 0.3 is 0 Å². The maximum Gasteiger partial charge on any atom is 0.226 e. The Kier molecular flexibility index (Phi) is 6.38. The first-order chi connectivity index (χ1) is 14.2. The number of para-hydroxylation sites is 2. The number of piperidine rings is 1. The lowest BCUT2D eigenvalue weighted by Crippen LogP contribution is -2.42. The van der Waals surface area contributed by atoms with Crippen LogP contribution in [0.3, 0.4) is 0 Å². The molecule has 1 fully saturated rings. The van der Waals surface area contributed by atoms with Crippen LogP contribution in [-0.2, 0) is 24.1 Å². The van der Waals surface area contributed by atoms with Crippen LogP contribution in [0.5, 0.6) is 11.5 Å².